The SMILES string of the molecule is CC(=O)c1ccc(Cl)c(Br)c1C(F)F. The fourth-order valence-corrected chi connectivity index (χ4v) is 1.77. The van der Waals surface area contributed by atoms with Crippen molar-refractivity contribution in [1.82, 2.24) is 0 Å². The number of hydrogen-bond acceptors (Lipinski definition) is 1. The molecule has 0 unspecified atom stereocenters. The van der Waals surface area contributed by atoms with Crippen molar-refractivity contribution < 1.29 is 13.6 Å². The lowest BCUT2D eigenvalue weighted by Gasteiger charge is -2.09. The molecule has 1 aromatic rings. The van der Waals surface area contributed by atoms with E-state index in [1.54, 1.807) is 0 Å². The standard InChI is InChI=1S/C9H6BrClF2O/c1-4(14)5-2-3-6(11)8(10)7(5)9(12)13/h2-3,9H,1H3. The lowest BCUT2D eigenvalue weighted by Crippen LogP contribution is -2.01. The van der Waals surface area contributed by atoms with Crippen molar-refractivity contribution in [3.63, 3.8) is 0 Å². The van der Waals surface area contributed by atoms with E-state index in [-0.39, 0.29) is 20.6 Å². The molecule has 0 N–H and O–H groups in total. The van der Waals surface area contributed by atoms with Crippen LogP contribution in [-0.2, 0) is 0 Å². The number of ketones is 1. The van der Waals surface area contributed by atoms with Crippen molar-refractivity contribution in [2.45, 2.75) is 13.3 Å². The second-order valence-electron chi connectivity index (χ2n) is 2.68. The summed E-state index contributed by atoms with van der Waals surface area (Å²) in [5.41, 5.74) is -0.346. The number of carbonyl (C=O) groups excluding carboxylic acids is 1. The van der Waals surface area contributed by atoms with Crippen LogP contribution in [0.2, 0.25) is 5.02 Å². The van der Waals surface area contributed by atoms with Crippen molar-refractivity contribution in [3.05, 3.63) is 32.8 Å². The molecule has 0 fully saturated rings. The van der Waals surface area contributed by atoms with E-state index in [0.29, 0.717) is 0 Å². The summed E-state index contributed by atoms with van der Waals surface area (Å²) >= 11 is 8.58. The summed E-state index contributed by atoms with van der Waals surface area (Å²) in [5, 5.41) is 0.172. The van der Waals surface area contributed by atoms with Crippen molar-refractivity contribution in [2.75, 3.05) is 0 Å². The highest BCUT2D eigenvalue weighted by Crippen LogP contribution is 2.35. The average Bonchev–Trinajstić information content (AvgIpc) is 2.08. The van der Waals surface area contributed by atoms with Gasteiger partial charge in [-0.2, -0.15) is 0 Å². The minimum atomic E-state index is -2.72. The van der Waals surface area contributed by atoms with E-state index in [1.807, 2.05) is 0 Å². The van der Waals surface area contributed by atoms with Gasteiger partial charge in [-0.3, -0.25) is 4.79 Å². The molecule has 0 aromatic heterocycles. The number of hydrogen-bond donors (Lipinski definition) is 0. The van der Waals surface area contributed by atoms with E-state index in [9.17, 15) is 13.6 Å². The molecule has 0 aliphatic carbocycles. The normalized spacial score (nSPS) is 10.7. The van der Waals surface area contributed by atoms with Crippen molar-refractivity contribution in [1.29, 1.82) is 0 Å². The first kappa shape index (κ1) is 11.6. The van der Waals surface area contributed by atoms with Gasteiger partial charge in [-0.05, 0) is 35.0 Å². The highest BCUT2D eigenvalue weighted by molar-refractivity contribution is 9.10. The second kappa shape index (κ2) is 4.36. The van der Waals surface area contributed by atoms with E-state index < -0.39 is 12.2 Å². The molecule has 0 atom stereocenters. The first-order valence-corrected chi connectivity index (χ1v) is 4.89. The molecule has 1 nitrogen and oxygen atoms in total. The average molecular weight is 283 g/mol. The van der Waals surface area contributed by atoms with Crippen LogP contribution in [0.25, 0.3) is 0 Å². The van der Waals surface area contributed by atoms with Gasteiger partial charge in [-0.1, -0.05) is 11.6 Å². The smallest absolute Gasteiger partial charge is 0.265 e. The molecule has 76 valence electrons. The van der Waals surface area contributed by atoms with Crippen LogP contribution < -0.4 is 0 Å². The predicted octanol–water partition coefficient (Wildman–Crippen LogP) is 4.24. The van der Waals surface area contributed by atoms with E-state index in [1.165, 1.54) is 19.1 Å². The molecule has 0 heterocycles. The quantitative estimate of drug-likeness (QED) is 0.742. The topological polar surface area (TPSA) is 17.1 Å². The van der Waals surface area contributed by atoms with Crippen molar-refractivity contribution in [2.24, 2.45) is 0 Å². The van der Waals surface area contributed by atoms with E-state index in [0.717, 1.165) is 0 Å². The Hall–Kier alpha value is -0.480. The molecule has 0 aliphatic rings. The molecule has 1 rings (SSSR count). The highest BCUT2D eigenvalue weighted by atomic mass is 79.9. The van der Waals surface area contributed by atoms with Crippen LogP contribution in [0.5, 0.6) is 0 Å². The van der Waals surface area contributed by atoms with Crippen molar-refractivity contribution >= 4 is 33.3 Å². The van der Waals surface area contributed by atoms with Crippen LogP contribution in [0, 0.1) is 0 Å². The molecule has 0 saturated heterocycles. The largest absolute Gasteiger partial charge is 0.294 e. The first-order valence-electron chi connectivity index (χ1n) is 3.72. The number of halogens is 4. The number of alkyl halides is 2. The molecule has 5 heteroatoms. The Bertz CT molecular complexity index is 379. The molecule has 1 aromatic carbocycles. The Kier molecular flexibility index (Phi) is 3.61. The van der Waals surface area contributed by atoms with Gasteiger partial charge in [0.25, 0.3) is 6.43 Å². The maximum atomic E-state index is 12.6. The van der Waals surface area contributed by atoms with Crippen LogP contribution in [-0.4, -0.2) is 5.78 Å². The highest BCUT2D eigenvalue weighted by Gasteiger charge is 2.20. The Morgan fingerprint density at radius 3 is 2.50 bits per heavy atom. The molecular weight excluding hydrogens is 277 g/mol. The number of carbonyl (C=O) groups is 1. The van der Waals surface area contributed by atoms with Crippen LogP contribution in [0.15, 0.2) is 16.6 Å². The fourth-order valence-electron chi connectivity index (χ4n) is 1.09. The van der Waals surface area contributed by atoms with Crippen LogP contribution in [0.1, 0.15) is 29.3 Å². The third-order valence-electron chi connectivity index (χ3n) is 1.73. The van der Waals surface area contributed by atoms with Crippen LogP contribution in [0.4, 0.5) is 8.78 Å². The van der Waals surface area contributed by atoms with Gasteiger partial charge >= 0.3 is 0 Å². The molecule has 0 spiro atoms. The summed E-state index contributed by atoms with van der Waals surface area (Å²) in [5.74, 6) is -0.405. The summed E-state index contributed by atoms with van der Waals surface area (Å²) < 4.78 is 25.3. The summed E-state index contributed by atoms with van der Waals surface area (Å²) in [6, 6.07) is 2.71. The van der Waals surface area contributed by atoms with E-state index in [2.05, 4.69) is 15.9 Å². The zero-order valence-electron chi connectivity index (χ0n) is 7.15. The van der Waals surface area contributed by atoms with Gasteiger partial charge in [0.15, 0.2) is 5.78 Å². The monoisotopic (exact) mass is 282 g/mol. The fraction of sp³-hybridized carbons (Fsp3) is 0.222. The van der Waals surface area contributed by atoms with Gasteiger partial charge in [0.2, 0.25) is 0 Å². The maximum Gasteiger partial charge on any atom is 0.265 e. The van der Waals surface area contributed by atoms with Crippen molar-refractivity contribution in [3.8, 4) is 0 Å². The van der Waals surface area contributed by atoms with Crippen LogP contribution in [0.3, 0.4) is 0 Å². The second-order valence-corrected chi connectivity index (χ2v) is 3.88. The summed E-state index contributed by atoms with van der Waals surface area (Å²) in [7, 11) is 0. The minimum absolute atomic E-state index is 0.00345. The number of Topliss-reactive ketones (excluding diaryl/α,β-unsaturated/α-hetero) is 1. The molecule has 0 amide bonds. The number of benzene rings is 1. The first-order chi connectivity index (χ1) is 6.45. The third-order valence-corrected chi connectivity index (χ3v) is 3.13. The van der Waals surface area contributed by atoms with Gasteiger partial charge in [-0.15, -0.1) is 0 Å². The summed E-state index contributed by atoms with van der Waals surface area (Å²) in [4.78, 5) is 11.0. The van der Waals surface area contributed by atoms with Gasteiger partial charge in [0.05, 0.1) is 5.02 Å². The summed E-state index contributed by atoms with van der Waals surface area (Å²) in [6.07, 6.45) is -2.72. The van der Waals surface area contributed by atoms with Gasteiger partial charge < -0.3 is 0 Å². The third kappa shape index (κ3) is 2.12. The molecule has 0 bridgehead atoms. The lowest BCUT2D eigenvalue weighted by molar-refractivity contribution is 0.0998. The zero-order chi connectivity index (χ0) is 10.9. The van der Waals surface area contributed by atoms with Crippen LogP contribution >= 0.6 is 27.5 Å². The maximum absolute atomic E-state index is 12.6. The molecule has 14 heavy (non-hydrogen) atoms. The van der Waals surface area contributed by atoms with E-state index in [4.69, 9.17) is 11.6 Å². The Labute approximate surface area is 93.2 Å². The predicted molar refractivity (Wildman–Crippen MR) is 54.1 cm³/mol. The Morgan fingerprint density at radius 1 is 1.50 bits per heavy atom. The Balaban J connectivity index is 3.45. The van der Waals surface area contributed by atoms with Gasteiger partial charge in [-0.25, -0.2) is 8.78 Å². The molecule has 0 aliphatic heterocycles. The number of rotatable bonds is 2. The molecular formula is C9H6BrClF2O. The molecule has 0 radical (unpaired) electrons. The molecule has 0 saturated carbocycles. The van der Waals surface area contributed by atoms with E-state index >= 15 is 0 Å². The Morgan fingerprint density at radius 2 is 2.07 bits per heavy atom. The minimum Gasteiger partial charge on any atom is -0.294 e. The van der Waals surface area contributed by atoms with Gasteiger partial charge in [0.1, 0.15) is 0 Å². The summed E-state index contributed by atoms with van der Waals surface area (Å²) in [6.45, 7) is 1.24. The zero-order valence-corrected chi connectivity index (χ0v) is 9.49. The van der Waals surface area contributed by atoms with Gasteiger partial charge in [0, 0.05) is 15.6 Å². The lowest BCUT2D eigenvalue weighted by atomic mass is 10.1.